The quantitative estimate of drug-likeness (QED) is 0.0667. The van der Waals surface area contributed by atoms with Crippen molar-refractivity contribution in [2.45, 2.75) is 251 Å². The molecule has 0 spiro atoms. The van der Waals surface area contributed by atoms with Crippen molar-refractivity contribution in [1.29, 1.82) is 0 Å². The van der Waals surface area contributed by atoms with Gasteiger partial charge < -0.3 is 14.6 Å². The van der Waals surface area contributed by atoms with Gasteiger partial charge >= 0.3 is 0 Å². The van der Waals surface area contributed by atoms with Gasteiger partial charge in [-0.25, -0.2) is 0 Å². The van der Waals surface area contributed by atoms with Gasteiger partial charge in [-0.05, 0) is 12.8 Å². The van der Waals surface area contributed by atoms with E-state index in [-0.39, 0.29) is 12.7 Å². The fourth-order valence-corrected chi connectivity index (χ4v) is 6.73. The minimum Gasteiger partial charge on any atom is -0.394 e. The standard InChI is InChI=1S/C43H88O3/c1-3-5-7-9-11-13-15-17-19-21-23-25-27-29-31-33-35-37-39-45-42-43(41-44)46-40-38-36-34-32-30-28-26-24-22-20-18-16-14-12-10-8-6-4-2/h43-44H,3-42H2,1-2H3/t43-/m0/s1. The Bertz CT molecular complexity index is 510. The molecular formula is C43H88O3. The number of hydrogen-bond acceptors (Lipinski definition) is 3. The highest BCUT2D eigenvalue weighted by atomic mass is 16.5. The van der Waals surface area contributed by atoms with E-state index in [9.17, 15) is 5.11 Å². The molecule has 46 heavy (non-hydrogen) atoms. The van der Waals surface area contributed by atoms with Crippen LogP contribution in [-0.2, 0) is 9.47 Å². The van der Waals surface area contributed by atoms with Crippen molar-refractivity contribution < 1.29 is 14.6 Å². The monoisotopic (exact) mass is 653 g/mol. The van der Waals surface area contributed by atoms with Gasteiger partial charge in [0.2, 0.25) is 0 Å². The lowest BCUT2D eigenvalue weighted by Crippen LogP contribution is -2.24. The molecule has 0 saturated carbocycles. The average molecular weight is 653 g/mol. The van der Waals surface area contributed by atoms with Crippen LogP contribution in [0, 0.1) is 0 Å². The molecule has 1 atom stereocenters. The Morgan fingerprint density at radius 1 is 0.326 bits per heavy atom. The highest BCUT2D eigenvalue weighted by molar-refractivity contribution is 4.56. The Balaban J connectivity index is 3.23. The van der Waals surface area contributed by atoms with E-state index in [4.69, 9.17) is 9.47 Å². The van der Waals surface area contributed by atoms with Gasteiger partial charge in [-0.2, -0.15) is 0 Å². The molecular weight excluding hydrogens is 564 g/mol. The van der Waals surface area contributed by atoms with Crippen LogP contribution in [0.15, 0.2) is 0 Å². The third-order valence-electron chi connectivity index (χ3n) is 10.0. The molecule has 278 valence electrons. The second-order valence-corrected chi connectivity index (χ2v) is 14.8. The molecule has 0 aromatic heterocycles. The molecule has 3 heteroatoms. The van der Waals surface area contributed by atoms with Gasteiger partial charge in [0.15, 0.2) is 0 Å². The average Bonchev–Trinajstić information content (AvgIpc) is 3.07. The zero-order chi connectivity index (χ0) is 33.3. The number of aliphatic hydroxyl groups is 1. The Kier molecular flexibility index (Phi) is 42.8. The van der Waals surface area contributed by atoms with E-state index in [0.717, 1.165) is 26.1 Å². The molecule has 0 aliphatic rings. The van der Waals surface area contributed by atoms with Crippen LogP contribution in [0.5, 0.6) is 0 Å². The lowest BCUT2D eigenvalue weighted by molar-refractivity contribution is -0.0437. The molecule has 0 aliphatic carbocycles. The minimum atomic E-state index is -0.152. The summed E-state index contributed by atoms with van der Waals surface area (Å²) in [5.74, 6) is 0. The molecule has 0 aromatic carbocycles. The first kappa shape index (κ1) is 45.9. The van der Waals surface area contributed by atoms with Gasteiger partial charge in [-0.3, -0.25) is 0 Å². The van der Waals surface area contributed by atoms with Gasteiger partial charge in [0, 0.05) is 13.2 Å². The van der Waals surface area contributed by atoms with Crippen molar-refractivity contribution in [2.24, 2.45) is 0 Å². The van der Waals surface area contributed by atoms with Gasteiger partial charge in [0.05, 0.1) is 13.2 Å². The van der Waals surface area contributed by atoms with Crippen LogP contribution in [0.25, 0.3) is 0 Å². The van der Waals surface area contributed by atoms with Crippen LogP contribution in [0.1, 0.15) is 245 Å². The van der Waals surface area contributed by atoms with Crippen LogP contribution in [0.3, 0.4) is 0 Å². The predicted octanol–water partition coefficient (Wildman–Crippen LogP) is 14.5. The number of hydrogen-bond donors (Lipinski definition) is 1. The molecule has 0 rings (SSSR count). The van der Waals surface area contributed by atoms with Crippen molar-refractivity contribution in [3.8, 4) is 0 Å². The fraction of sp³-hybridized carbons (Fsp3) is 1.00. The Hall–Kier alpha value is -0.120. The fourth-order valence-electron chi connectivity index (χ4n) is 6.73. The van der Waals surface area contributed by atoms with Crippen molar-refractivity contribution in [3.63, 3.8) is 0 Å². The summed E-state index contributed by atoms with van der Waals surface area (Å²) in [4.78, 5) is 0. The molecule has 0 heterocycles. The summed E-state index contributed by atoms with van der Waals surface area (Å²) >= 11 is 0. The molecule has 0 radical (unpaired) electrons. The van der Waals surface area contributed by atoms with Crippen molar-refractivity contribution in [1.82, 2.24) is 0 Å². The Labute approximate surface area is 291 Å². The number of unbranched alkanes of at least 4 members (excludes halogenated alkanes) is 34. The molecule has 0 aliphatic heterocycles. The molecule has 0 bridgehead atoms. The first-order valence-corrected chi connectivity index (χ1v) is 21.6. The zero-order valence-electron chi connectivity index (χ0n) is 32.1. The van der Waals surface area contributed by atoms with Crippen molar-refractivity contribution in [2.75, 3.05) is 26.4 Å². The zero-order valence-corrected chi connectivity index (χ0v) is 32.1. The van der Waals surface area contributed by atoms with Crippen molar-refractivity contribution >= 4 is 0 Å². The summed E-state index contributed by atoms with van der Waals surface area (Å²) in [6, 6.07) is 0. The molecule has 0 unspecified atom stereocenters. The van der Waals surface area contributed by atoms with Crippen LogP contribution < -0.4 is 0 Å². The summed E-state index contributed by atoms with van der Waals surface area (Å²) < 4.78 is 11.7. The first-order valence-electron chi connectivity index (χ1n) is 21.6. The van der Waals surface area contributed by atoms with E-state index < -0.39 is 0 Å². The Morgan fingerprint density at radius 3 is 0.826 bits per heavy atom. The maximum absolute atomic E-state index is 9.63. The van der Waals surface area contributed by atoms with Crippen LogP contribution in [0.4, 0.5) is 0 Å². The third-order valence-corrected chi connectivity index (χ3v) is 10.0. The van der Waals surface area contributed by atoms with E-state index in [2.05, 4.69) is 13.8 Å². The maximum Gasteiger partial charge on any atom is 0.104 e. The van der Waals surface area contributed by atoms with Gasteiger partial charge in [-0.1, -0.05) is 232 Å². The lowest BCUT2D eigenvalue weighted by Gasteiger charge is -2.15. The first-order chi connectivity index (χ1) is 22.8. The largest absolute Gasteiger partial charge is 0.394 e. The SMILES string of the molecule is CCCCCCCCCCCCCCCCCCCCOC[C@H](CO)OCCCCCCCCCCCCCCCCCCCC. The molecule has 0 amide bonds. The molecule has 1 N–H and O–H groups in total. The van der Waals surface area contributed by atoms with Crippen LogP contribution in [-0.4, -0.2) is 37.6 Å². The summed E-state index contributed by atoms with van der Waals surface area (Å²) in [6.45, 7) is 6.76. The number of rotatable bonds is 42. The lowest BCUT2D eigenvalue weighted by atomic mass is 10.0. The molecule has 0 fully saturated rings. The Morgan fingerprint density at radius 2 is 0.565 bits per heavy atom. The molecule has 0 saturated heterocycles. The van der Waals surface area contributed by atoms with Crippen molar-refractivity contribution in [3.05, 3.63) is 0 Å². The molecule has 3 nitrogen and oxygen atoms in total. The second kappa shape index (κ2) is 42.9. The summed E-state index contributed by atoms with van der Waals surface area (Å²) in [6.07, 6.45) is 50.2. The van der Waals surface area contributed by atoms with E-state index in [0.29, 0.717) is 6.61 Å². The minimum absolute atomic E-state index is 0.0676. The summed E-state index contributed by atoms with van der Waals surface area (Å²) in [5, 5.41) is 9.63. The highest BCUT2D eigenvalue weighted by Crippen LogP contribution is 2.16. The van der Waals surface area contributed by atoms with E-state index in [1.165, 1.54) is 218 Å². The topological polar surface area (TPSA) is 38.7 Å². The molecule has 0 aromatic rings. The van der Waals surface area contributed by atoms with E-state index in [1.807, 2.05) is 0 Å². The number of ether oxygens (including phenoxy) is 2. The van der Waals surface area contributed by atoms with E-state index >= 15 is 0 Å². The van der Waals surface area contributed by atoms with E-state index in [1.54, 1.807) is 0 Å². The number of aliphatic hydroxyl groups excluding tert-OH is 1. The summed E-state index contributed by atoms with van der Waals surface area (Å²) in [5.41, 5.74) is 0. The van der Waals surface area contributed by atoms with Crippen LogP contribution in [0.2, 0.25) is 0 Å². The normalized spacial score (nSPS) is 12.3. The maximum atomic E-state index is 9.63. The third kappa shape index (κ3) is 40.1. The van der Waals surface area contributed by atoms with Crippen LogP contribution >= 0.6 is 0 Å². The highest BCUT2D eigenvalue weighted by Gasteiger charge is 2.07. The van der Waals surface area contributed by atoms with Gasteiger partial charge in [0.1, 0.15) is 6.10 Å². The van der Waals surface area contributed by atoms with Gasteiger partial charge in [-0.15, -0.1) is 0 Å². The predicted molar refractivity (Wildman–Crippen MR) is 205 cm³/mol. The smallest absolute Gasteiger partial charge is 0.104 e. The second-order valence-electron chi connectivity index (χ2n) is 14.8. The summed E-state index contributed by atoms with van der Waals surface area (Å²) in [7, 11) is 0. The van der Waals surface area contributed by atoms with Gasteiger partial charge in [0.25, 0.3) is 0 Å².